The summed E-state index contributed by atoms with van der Waals surface area (Å²) in [5.41, 5.74) is 0.875. The number of ether oxygens (including phenoxy) is 1. The van der Waals surface area contributed by atoms with Gasteiger partial charge in [-0.2, -0.15) is 0 Å². The Kier molecular flexibility index (Phi) is 3.62. The maximum atomic E-state index is 12.4. The van der Waals surface area contributed by atoms with Gasteiger partial charge >= 0.3 is 0 Å². The molecule has 0 saturated carbocycles. The van der Waals surface area contributed by atoms with Crippen molar-refractivity contribution in [2.24, 2.45) is 11.8 Å². The van der Waals surface area contributed by atoms with E-state index in [-0.39, 0.29) is 35.2 Å². The van der Waals surface area contributed by atoms with Crippen LogP contribution in [0.4, 0.5) is 0 Å². The van der Waals surface area contributed by atoms with Crippen molar-refractivity contribution in [1.29, 1.82) is 0 Å². The molecular formula is C18H17NO3S. The predicted octanol–water partition coefficient (Wildman–Crippen LogP) is 2.62. The van der Waals surface area contributed by atoms with Crippen LogP contribution in [0.15, 0.2) is 59.0 Å². The van der Waals surface area contributed by atoms with Gasteiger partial charge in [0.25, 0.3) is 0 Å². The van der Waals surface area contributed by atoms with E-state index < -0.39 is 0 Å². The number of thioether (sulfide) groups is 1. The summed E-state index contributed by atoms with van der Waals surface area (Å²) in [6, 6.07) is 10.0. The van der Waals surface area contributed by atoms with Gasteiger partial charge in [-0.25, -0.2) is 0 Å². The first-order chi connectivity index (χ1) is 11.1. The van der Waals surface area contributed by atoms with E-state index in [2.05, 4.69) is 0 Å². The molecule has 4 nitrogen and oxygen atoms in total. The smallest absolute Gasteiger partial charge is 0.235 e. The Morgan fingerprint density at radius 1 is 1.17 bits per heavy atom. The van der Waals surface area contributed by atoms with Gasteiger partial charge in [0.1, 0.15) is 5.44 Å². The molecule has 5 heteroatoms. The van der Waals surface area contributed by atoms with Crippen LogP contribution in [0.3, 0.4) is 0 Å². The molecule has 118 valence electrons. The summed E-state index contributed by atoms with van der Waals surface area (Å²) in [7, 11) is 1.57. The third kappa shape index (κ3) is 2.44. The lowest BCUT2D eigenvalue weighted by Crippen LogP contribution is -2.40. The van der Waals surface area contributed by atoms with Crippen LogP contribution < -0.4 is 0 Å². The molecule has 0 bridgehead atoms. The van der Waals surface area contributed by atoms with Crippen LogP contribution in [0.2, 0.25) is 0 Å². The summed E-state index contributed by atoms with van der Waals surface area (Å²) >= 11 is 1.61. The van der Waals surface area contributed by atoms with Crippen molar-refractivity contribution in [1.82, 2.24) is 4.90 Å². The highest BCUT2D eigenvalue weighted by atomic mass is 32.2. The number of rotatable bonds is 2. The van der Waals surface area contributed by atoms with E-state index in [1.807, 2.05) is 48.6 Å². The van der Waals surface area contributed by atoms with Gasteiger partial charge in [-0.15, -0.1) is 0 Å². The van der Waals surface area contributed by atoms with Crippen molar-refractivity contribution >= 4 is 23.6 Å². The first kappa shape index (κ1) is 14.7. The van der Waals surface area contributed by atoms with Crippen molar-refractivity contribution < 1.29 is 14.3 Å². The first-order valence-electron chi connectivity index (χ1n) is 7.72. The summed E-state index contributed by atoms with van der Waals surface area (Å²) in [6.07, 6.45) is 6.40. The number of amides is 2. The second kappa shape index (κ2) is 5.65. The monoisotopic (exact) mass is 327 g/mol. The van der Waals surface area contributed by atoms with E-state index in [4.69, 9.17) is 4.74 Å². The SMILES string of the molecule is CN1C(=O)[C@H]2[C@H](CC=C3C=C[C@@H](Sc4ccccc4)O[C@H]32)C1=O. The van der Waals surface area contributed by atoms with Crippen LogP contribution >= 0.6 is 11.8 Å². The molecule has 1 aromatic rings. The lowest BCUT2D eigenvalue weighted by atomic mass is 9.78. The predicted molar refractivity (Wildman–Crippen MR) is 87.6 cm³/mol. The number of benzene rings is 1. The van der Waals surface area contributed by atoms with E-state index in [1.54, 1.807) is 18.8 Å². The molecule has 4 rings (SSSR count). The molecule has 2 amide bonds. The fourth-order valence-corrected chi connectivity index (χ4v) is 4.40. The number of hydrogen-bond acceptors (Lipinski definition) is 4. The van der Waals surface area contributed by atoms with Gasteiger partial charge < -0.3 is 4.74 Å². The van der Waals surface area contributed by atoms with Gasteiger partial charge in [-0.05, 0) is 30.2 Å². The summed E-state index contributed by atoms with van der Waals surface area (Å²) in [5.74, 6) is -0.846. The van der Waals surface area contributed by atoms with E-state index in [0.717, 1.165) is 10.5 Å². The second-order valence-corrected chi connectivity index (χ2v) is 7.19. The average molecular weight is 327 g/mol. The third-order valence-electron chi connectivity index (χ3n) is 4.68. The standard InChI is InChI=1S/C18H17NO3S/c1-19-17(20)13-9-7-11-8-10-14(22-16(11)15(13)18(19)21)23-12-5-3-2-4-6-12/h2-8,10,13-16H,9H2,1H3/t13-,14+,15-,16+/m0/s1. The molecule has 2 heterocycles. The highest BCUT2D eigenvalue weighted by Crippen LogP contribution is 2.43. The topological polar surface area (TPSA) is 46.6 Å². The molecule has 0 unspecified atom stereocenters. The fourth-order valence-electron chi connectivity index (χ4n) is 3.49. The average Bonchev–Trinajstić information content (AvgIpc) is 2.80. The Balaban J connectivity index is 1.58. The van der Waals surface area contributed by atoms with Crippen LogP contribution in [0.5, 0.6) is 0 Å². The quantitative estimate of drug-likeness (QED) is 0.784. The van der Waals surface area contributed by atoms with Gasteiger partial charge in [0, 0.05) is 11.9 Å². The van der Waals surface area contributed by atoms with Crippen LogP contribution in [0, 0.1) is 11.8 Å². The number of imide groups is 1. The molecule has 2 aliphatic heterocycles. The Hall–Kier alpha value is -1.85. The van der Waals surface area contributed by atoms with Gasteiger partial charge in [0.2, 0.25) is 11.8 Å². The lowest BCUT2D eigenvalue weighted by Gasteiger charge is -2.35. The number of carbonyl (C=O) groups excluding carboxylic acids is 2. The van der Waals surface area contributed by atoms with Gasteiger partial charge in [-0.3, -0.25) is 14.5 Å². The maximum absolute atomic E-state index is 12.4. The van der Waals surface area contributed by atoms with Crippen molar-refractivity contribution in [3.05, 3.63) is 54.1 Å². The normalized spacial score (nSPS) is 32.6. The summed E-state index contributed by atoms with van der Waals surface area (Å²) in [5, 5.41) is 0. The van der Waals surface area contributed by atoms with E-state index in [0.29, 0.717) is 6.42 Å². The first-order valence-corrected chi connectivity index (χ1v) is 8.60. The van der Waals surface area contributed by atoms with E-state index >= 15 is 0 Å². The number of likely N-dealkylation sites (tertiary alicyclic amines) is 1. The van der Waals surface area contributed by atoms with Crippen molar-refractivity contribution in [3.8, 4) is 0 Å². The Labute approximate surface area is 139 Å². The molecule has 0 radical (unpaired) electrons. The third-order valence-corrected chi connectivity index (χ3v) is 5.73. The van der Waals surface area contributed by atoms with E-state index in [9.17, 15) is 9.59 Å². The zero-order valence-corrected chi connectivity index (χ0v) is 13.5. The van der Waals surface area contributed by atoms with Crippen molar-refractivity contribution in [2.75, 3.05) is 7.05 Å². The largest absolute Gasteiger partial charge is 0.354 e. The van der Waals surface area contributed by atoms with Crippen molar-refractivity contribution in [3.63, 3.8) is 0 Å². The minimum absolute atomic E-state index is 0.0827. The summed E-state index contributed by atoms with van der Waals surface area (Å²) in [4.78, 5) is 27.0. The number of allylic oxidation sites excluding steroid dienone is 1. The highest BCUT2D eigenvalue weighted by Gasteiger charge is 2.52. The molecule has 0 aromatic heterocycles. The van der Waals surface area contributed by atoms with Gasteiger partial charge in [0.05, 0.1) is 17.9 Å². The molecule has 0 spiro atoms. The maximum Gasteiger partial charge on any atom is 0.235 e. The Morgan fingerprint density at radius 2 is 1.96 bits per heavy atom. The number of fused-ring (bicyclic) bond motifs is 3. The summed E-state index contributed by atoms with van der Waals surface area (Å²) in [6.45, 7) is 0. The molecule has 23 heavy (non-hydrogen) atoms. The number of hydrogen-bond donors (Lipinski definition) is 0. The minimum Gasteiger partial charge on any atom is -0.354 e. The zero-order valence-electron chi connectivity index (χ0n) is 12.7. The lowest BCUT2D eigenvalue weighted by molar-refractivity contribution is -0.139. The van der Waals surface area contributed by atoms with Gasteiger partial charge in [0.15, 0.2) is 0 Å². The molecule has 1 aliphatic carbocycles. The van der Waals surface area contributed by atoms with Crippen LogP contribution in [0.1, 0.15) is 6.42 Å². The fraction of sp³-hybridized carbons (Fsp3) is 0.333. The minimum atomic E-state index is -0.378. The van der Waals surface area contributed by atoms with Gasteiger partial charge in [-0.1, -0.05) is 42.1 Å². The highest BCUT2D eigenvalue weighted by molar-refractivity contribution is 8.00. The summed E-state index contributed by atoms with van der Waals surface area (Å²) < 4.78 is 6.18. The molecular weight excluding hydrogens is 310 g/mol. The van der Waals surface area contributed by atoms with Crippen LogP contribution in [0.25, 0.3) is 0 Å². The Morgan fingerprint density at radius 3 is 2.74 bits per heavy atom. The molecule has 1 fully saturated rings. The molecule has 1 aromatic carbocycles. The second-order valence-electron chi connectivity index (χ2n) is 6.02. The van der Waals surface area contributed by atoms with Crippen LogP contribution in [-0.4, -0.2) is 35.3 Å². The van der Waals surface area contributed by atoms with E-state index in [1.165, 1.54) is 4.90 Å². The van der Waals surface area contributed by atoms with Crippen molar-refractivity contribution in [2.45, 2.75) is 22.9 Å². The zero-order chi connectivity index (χ0) is 16.0. The Bertz CT molecular complexity index is 712. The number of nitrogens with zero attached hydrogens (tertiary/aromatic N) is 1. The number of carbonyl (C=O) groups is 2. The molecule has 0 N–H and O–H groups in total. The molecule has 3 aliphatic rings. The van der Waals surface area contributed by atoms with Crippen LogP contribution in [-0.2, 0) is 14.3 Å². The molecule has 4 atom stereocenters. The molecule has 1 saturated heterocycles.